The second-order valence-electron chi connectivity index (χ2n) is 2.64. The van der Waals surface area contributed by atoms with Crippen molar-refractivity contribution in [2.75, 3.05) is 11.6 Å². The van der Waals surface area contributed by atoms with E-state index in [0.29, 0.717) is 0 Å². The molecule has 1 aromatic rings. The molecule has 0 fully saturated rings. The molecule has 0 amide bonds. The minimum Gasteiger partial charge on any atom is -0.347 e. The zero-order chi connectivity index (χ0) is 11.8. The van der Waals surface area contributed by atoms with Crippen molar-refractivity contribution in [3.05, 3.63) is 30.6 Å². The van der Waals surface area contributed by atoms with Crippen molar-refractivity contribution >= 4 is 16.6 Å². The van der Waals surface area contributed by atoms with Crippen molar-refractivity contribution < 1.29 is 4.21 Å². The summed E-state index contributed by atoms with van der Waals surface area (Å²) in [6, 6.07) is 1.86. The van der Waals surface area contributed by atoms with E-state index in [4.69, 9.17) is 0 Å². The second kappa shape index (κ2) is 7.17. The van der Waals surface area contributed by atoms with Gasteiger partial charge in [0.1, 0.15) is 5.82 Å². The van der Waals surface area contributed by atoms with Crippen molar-refractivity contribution in [3.63, 3.8) is 0 Å². The highest BCUT2D eigenvalue weighted by atomic mass is 32.2. The van der Waals surface area contributed by atoms with Crippen LogP contribution in [-0.2, 0) is 10.8 Å². The van der Waals surface area contributed by atoms with Gasteiger partial charge in [-0.1, -0.05) is 20.4 Å². The van der Waals surface area contributed by atoms with E-state index in [0.717, 1.165) is 16.3 Å². The third-order valence-corrected chi connectivity index (χ3v) is 2.51. The Balaban J connectivity index is 0.000000921. The van der Waals surface area contributed by atoms with E-state index in [1.807, 2.05) is 26.8 Å². The molecular formula is C11H18N2OS. The van der Waals surface area contributed by atoms with Crippen LogP contribution in [0, 0.1) is 6.92 Å². The fourth-order valence-corrected chi connectivity index (χ4v) is 1.50. The Labute approximate surface area is 94.1 Å². The van der Waals surface area contributed by atoms with E-state index in [-0.39, 0.29) is 0 Å². The molecule has 15 heavy (non-hydrogen) atoms. The maximum atomic E-state index is 11.1. The molecule has 0 aromatic carbocycles. The molecule has 0 radical (unpaired) electrons. The quantitative estimate of drug-likeness (QED) is 0.861. The van der Waals surface area contributed by atoms with Gasteiger partial charge in [0.2, 0.25) is 0 Å². The van der Waals surface area contributed by atoms with Gasteiger partial charge in [0.25, 0.3) is 0 Å². The average molecular weight is 226 g/mol. The lowest BCUT2D eigenvalue weighted by Crippen LogP contribution is -1.97. The highest BCUT2D eigenvalue weighted by Crippen LogP contribution is 2.14. The van der Waals surface area contributed by atoms with Crippen LogP contribution in [0.4, 0.5) is 5.82 Å². The van der Waals surface area contributed by atoms with Crippen molar-refractivity contribution in [2.45, 2.75) is 25.7 Å². The first-order valence-corrected chi connectivity index (χ1v) is 6.38. The first-order valence-electron chi connectivity index (χ1n) is 4.82. The fraction of sp³-hybridized carbons (Fsp3) is 0.364. The highest BCUT2D eigenvalue weighted by Gasteiger charge is 2.02. The Bertz CT molecular complexity index is 350. The number of aryl methyl sites for hydroxylation is 1. The molecule has 1 unspecified atom stereocenters. The van der Waals surface area contributed by atoms with Crippen molar-refractivity contribution in [1.29, 1.82) is 0 Å². The Kier molecular flexibility index (Phi) is 6.62. The number of nitrogens with zero attached hydrogens (tertiary/aromatic N) is 1. The molecule has 1 N–H and O–H groups in total. The summed E-state index contributed by atoms with van der Waals surface area (Å²) in [5.41, 5.74) is 0.965. The summed E-state index contributed by atoms with van der Waals surface area (Å²) in [5, 5.41) is 2.90. The summed E-state index contributed by atoms with van der Waals surface area (Å²) in [5.74, 6) is 0.754. The third-order valence-electron chi connectivity index (χ3n) is 1.62. The second-order valence-corrected chi connectivity index (χ2v) is 4.02. The Morgan fingerprint density at radius 1 is 1.53 bits per heavy atom. The van der Waals surface area contributed by atoms with E-state index >= 15 is 0 Å². The lowest BCUT2D eigenvalue weighted by molar-refractivity contribution is 0.686. The molecule has 0 aliphatic heterocycles. The van der Waals surface area contributed by atoms with E-state index < -0.39 is 10.8 Å². The molecule has 1 aromatic heterocycles. The number of hydrogen-bond donors (Lipinski definition) is 1. The predicted octanol–water partition coefficient (Wildman–Crippen LogP) is 2.71. The van der Waals surface area contributed by atoms with Gasteiger partial charge in [0.05, 0.1) is 15.7 Å². The summed E-state index contributed by atoms with van der Waals surface area (Å²) in [6.07, 6.45) is 4.81. The average Bonchev–Trinajstić information content (AvgIpc) is 2.24. The summed E-state index contributed by atoms with van der Waals surface area (Å²) in [4.78, 5) is 4.86. The lowest BCUT2D eigenvalue weighted by Gasteiger charge is -2.04. The molecular weight excluding hydrogens is 208 g/mol. The maximum absolute atomic E-state index is 11.1. The molecule has 3 nitrogen and oxygen atoms in total. The van der Waals surface area contributed by atoms with Crippen LogP contribution < -0.4 is 5.32 Å². The summed E-state index contributed by atoms with van der Waals surface area (Å²) in [7, 11) is -0.968. The molecule has 0 bridgehead atoms. The Morgan fingerprint density at radius 2 is 2.13 bits per heavy atom. The summed E-state index contributed by atoms with van der Waals surface area (Å²) in [6.45, 7) is 9.46. The lowest BCUT2D eigenvalue weighted by atomic mass is 10.3. The number of aromatic nitrogens is 1. The zero-order valence-corrected chi connectivity index (χ0v) is 10.5. The van der Waals surface area contributed by atoms with Crippen molar-refractivity contribution in [1.82, 2.24) is 4.98 Å². The molecule has 0 spiro atoms. The molecule has 1 rings (SSSR count). The van der Waals surface area contributed by atoms with Crippen LogP contribution in [0.15, 0.2) is 29.9 Å². The predicted molar refractivity (Wildman–Crippen MR) is 66.5 cm³/mol. The van der Waals surface area contributed by atoms with Gasteiger partial charge in [-0.05, 0) is 24.8 Å². The summed E-state index contributed by atoms with van der Waals surface area (Å²) >= 11 is 0. The monoisotopic (exact) mass is 226 g/mol. The SMILES string of the molecule is C=CNc1ncc(S(C)=O)cc1C.CC. The fourth-order valence-electron chi connectivity index (χ4n) is 0.954. The Hall–Kier alpha value is -1.16. The van der Waals surface area contributed by atoms with Crippen LogP contribution in [-0.4, -0.2) is 15.4 Å². The molecule has 0 aliphatic carbocycles. The van der Waals surface area contributed by atoms with Gasteiger partial charge in [0.15, 0.2) is 0 Å². The van der Waals surface area contributed by atoms with Crippen LogP contribution in [0.5, 0.6) is 0 Å². The van der Waals surface area contributed by atoms with E-state index in [9.17, 15) is 4.21 Å². The number of rotatable bonds is 3. The van der Waals surface area contributed by atoms with E-state index in [1.165, 1.54) is 0 Å². The van der Waals surface area contributed by atoms with Gasteiger partial charge in [-0.25, -0.2) is 4.98 Å². The topological polar surface area (TPSA) is 42.0 Å². The van der Waals surface area contributed by atoms with Crippen molar-refractivity contribution in [3.8, 4) is 0 Å². The molecule has 4 heteroatoms. The van der Waals surface area contributed by atoms with Gasteiger partial charge in [-0.3, -0.25) is 4.21 Å². The largest absolute Gasteiger partial charge is 0.347 e. The molecule has 0 saturated heterocycles. The number of pyridine rings is 1. The van der Waals surface area contributed by atoms with E-state index in [2.05, 4.69) is 16.9 Å². The first-order chi connectivity index (χ1) is 7.15. The first kappa shape index (κ1) is 13.8. The van der Waals surface area contributed by atoms with Crippen LogP contribution in [0.25, 0.3) is 0 Å². The maximum Gasteiger partial charge on any atom is 0.132 e. The van der Waals surface area contributed by atoms with Gasteiger partial charge in [0, 0.05) is 12.5 Å². The molecule has 0 saturated carbocycles. The Morgan fingerprint density at radius 3 is 2.53 bits per heavy atom. The van der Waals surface area contributed by atoms with Crippen LogP contribution >= 0.6 is 0 Å². The van der Waals surface area contributed by atoms with Crippen LogP contribution in [0.1, 0.15) is 19.4 Å². The molecule has 1 atom stereocenters. The standard InChI is InChI=1S/C9H12N2OS.C2H6/c1-4-10-9-7(2)5-8(6-11-9)13(3)12;1-2/h4-6H,1H2,2-3H3,(H,10,11);1-2H3. The van der Waals surface area contributed by atoms with Crippen LogP contribution in [0.3, 0.4) is 0 Å². The third kappa shape index (κ3) is 4.25. The summed E-state index contributed by atoms with van der Waals surface area (Å²) < 4.78 is 11.1. The van der Waals surface area contributed by atoms with Crippen molar-refractivity contribution in [2.24, 2.45) is 0 Å². The molecule has 84 valence electrons. The van der Waals surface area contributed by atoms with Gasteiger partial charge >= 0.3 is 0 Å². The zero-order valence-electron chi connectivity index (χ0n) is 9.70. The van der Waals surface area contributed by atoms with Crippen LogP contribution in [0.2, 0.25) is 0 Å². The van der Waals surface area contributed by atoms with Gasteiger partial charge in [-0.15, -0.1) is 0 Å². The number of nitrogens with one attached hydrogen (secondary N) is 1. The minimum absolute atomic E-state index is 0.743. The normalized spacial score (nSPS) is 10.9. The number of hydrogen-bond acceptors (Lipinski definition) is 3. The van der Waals surface area contributed by atoms with Gasteiger partial charge < -0.3 is 5.32 Å². The van der Waals surface area contributed by atoms with Gasteiger partial charge in [-0.2, -0.15) is 0 Å². The smallest absolute Gasteiger partial charge is 0.132 e. The highest BCUT2D eigenvalue weighted by molar-refractivity contribution is 7.84. The minimum atomic E-state index is -0.968. The molecule has 1 heterocycles. The van der Waals surface area contributed by atoms with E-state index in [1.54, 1.807) is 18.7 Å². The number of anilines is 1. The molecule has 0 aliphatic rings.